The van der Waals surface area contributed by atoms with Gasteiger partial charge in [0.1, 0.15) is 5.84 Å². The van der Waals surface area contributed by atoms with E-state index < -0.39 is 46.9 Å². The number of carbonyl (C=O) groups is 1. The number of alkyl halides is 6. The first-order chi connectivity index (χ1) is 12.7. The molecule has 10 heteroatoms. The van der Waals surface area contributed by atoms with Crippen molar-refractivity contribution in [2.24, 2.45) is 10.4 Å². The average molecular weight is 412 g/mol. The van der Waals surface area contributed by atoms with E-state index in [4.69, 9.17) is 4.74 Å². The maximum absolute atomic E-state index is 13.9. The summed E-state index contributed by atoms with van der Waals surface area (Å²) in [5.74, 6) is -1.57. The van der Waals surface area contributed by atoms with Crippen molar-refractivity contribution in [3.63, 3.8) is 0 Å². The van der Waals surface area contributed by atoms with E-state index in [-0.39, 0.29) is 24.8 Å². The van der Waals surface area contributed by atoms with Crippen molar-refractivity contribution < 1.29 is 35.9 Å². The molecule has 0 aromatic carbocycles. The molecule has 0 N–H and O–H groups in total. The van der Waals surface area contributed by atoms with Crippen LogP contribution in [0.5, 0.6) is 0 Å². The summed E-state index contributed by atoms with van der Waals surface area (Å²) < 4.78 is 88.8. The zero-order chi connectivity index (χ0) is 21.1. The van der Waals surface area contributed by atoms with Gasteiger partial charge in [0.15, 0.2) is 5.78 Å². The number of allylic oxidation sites excluding steroid dienone is 1. The first-order valence-corrected chi connectivity index (χ1v) is 9.05. The predicted molar refractivity (Wildman–Crippen MR) is 88.7 cm³/mol. The second-order valence-electron chi connectivity index (χ2n) is 8.37. The van der Waals surface area contributed by atoms with E-state index in [0.29, 0.717) is 13.0 Å². The number of ether oxygens (including phenoxy) is 1. The number of rotatable bonds is 2. The second kappa shape index (κ2) is 6.47. The Morgan fingerprint density at radius 1 is 1.14 bits per heavy atom. The average Bonchev–Trinajstić information content (AvgIpc) is 2.99. The number of nitrogens with zero attached hydrogens (tertiary/aromatic N) is 2. The number of ketones is 1. The standard InChI is InChI=1S/C18H22F6N2O2/c1-10-25-16(17(19,20)21,18(22,23)24)14-12(7-15(2,3)8-13(14)27)26(10)9-11-5-4-6-28-11/h11H,4-9H2,1-3H3/t11-/m0/s1. The molecule has 0 bridgehead atoms. The number of halogens is 6. The summed E-state index contributed by atoms with van der Waals surface area (Å²) in [7, 11) is 0. The summed E-state index contributed by atoms with van der Waals surface area (Å²) in [6, 6.07) is 0. The summed E-state index contributed by atoms with van der Waals surface area (Å²) >= 11 is 0. The van der Waals surface area contributed by atoms with Crippen molar-refractivity contribution in [3.8, 4) is 0 Å². The molecule has 0 radical (unpaired) electrons. The molecule has 28 heavy (non-hydrogen) atoms. The lowest BCUT2D eigenvalue weighted by molar-refractivity contribution is -0.283. The Hall–Kier alpha value is -1.58. The van der Waals surface area contributed by atoms with E-state index in [1.165, 1.54) is 4.90 Å². The predicted octanol–water partition coefficient (Wildman–Crippen LogP) is 4.41. The van der Waals surface area contributed by atoms with Crippen LogP contribution in [-0.2, 0) is 9.53 Å². The third-order valence-corrected chi connectivity index (χ3v) is 5.49. The first kappa shape index (κ1) is 21.1. The van der Waals surface area contributed by atoms with Crippen LogP contribution in [-0.4, -0.2) is 53.7 Å². The van der Waals surface area contributed by atoms with Gasteiger partial charge in [0.05, 0.1) is 18.2 Å². The van der Waals surface area contributed by atoms with Crippen molar-refractivity contribution >= 4 is 11.6 Å². The van der Waals surface area contributed by atoms with E-state index in [2.05, 4.69) is 4.99 Å². The smallest absolute Gasteiger partial charge is 0.376 e. The normalized spacial score (nSPS) is 27.8. The molecule has 1 saturated heterocycles. The largest absolute Gasteiger partial charge is 0.427 e. The minimum absolute atomic E-state index is 0.0727. The maximum Gasteiger partial charge on any atom is 0.427 e. The zero-order valence-corrected chi connectivity index (χ0v) is 15.8. The summed E-state index contributed by atoms with van der Waals surface area (Å²) in [5.41, 5.74) is -6.81. The van der Waals surface area contributed by atoms with Gasteiger partial charge >= 0.3 is 12.4 Å². The van der Waals surface area contributed by atoms with Gasteiger partial charge in [-0.05, 0) is 31.6 Å². The molecule has 1 atom stereocenters. The van der Waals surface area contributed by atoms with Gasteiger partial charge in [-0.1, -0.05) is 13.8 Å². The molecule has 0 saturated carbocycles. The van der Waals surface area contributed by atoms with Crippen LogP contribution in [0.3, 0.4) is 0 Å². The monoisotopic (exact) mass is 412 g/mol. The van der Waals surface area contributed by atoms with Crippen molar-refractivity contribution in [1.82, 2.24) is 4.90 Å². The topological polar surface area (TPSA) is 41.9 Å². The summed E-state index contributed by atoms with van der Waals surface area (Å²) in [4.78, 5) is 17.1. The molecule has 0 aromatic heterocycles. The fraction of sp³-hybridized carbons (Fsp3) is 0.778. The highest BCUT2D eigenvalue weighted by atomic mass is 19.4. The lowest BCUT2D eigenvalue weighted by atomic mass is 9.69. The molecule has 3 aliphatic rings. The van der Waals surface area contributed by atoms with Crippen LogP contribution >= 0.6 is 0 Å². The van der Waals surface area contributed by atoms with Crippen LogP contribution in [0.1, 0.15) is 46.5 Å². The van der Waals surface area contributed by atoms with Crippen molar-refractivity contribution in [1.29, 1.82) is 0 Å². The number of carbonyl (C=O) groups excluding carboxylic acids is 1. The number of hydrogen-bond acceptors (Lipinski definition) is 4. The number of Topliss-reactive ketones (excluding diaryl/α,β-unsaturated/α-hetero) is 1. The molecule has 0 unspecified atom stereocenters. The third kappa shape index (κ3) is 3.23. The lowest BCUT2D eigenvalue weighted by Crippen LogP contribution is -2.63. The molecule has 4 nitrogen and oxygen atoms in total. The van der Waals surface area contributed by atoms with Crippen molar-refractivity contribution in [3.05, 3.63) is 11.3 Å². The first-order valence-electron chi connectivity index (χ1n) is 9.05. The fourth-order valence-electron chi connectivity index (χ4n) is 4.29. The summed E-state index contributed by atoms with van der Waals surface area (Å²) in [6.45, 7) is 4.99. The number of aliphatic imine (C=N–C) groups is 1. The lowest BCUT2D eigenvalue weighted by Gasteiger charge is -2.48. The molecule has 1 aliphatic carbocycles. The Bertz CT molecular complexity index is 715. The third-order valence-electron chi connectivity index (χ3n) is 5.49. The van der Waals surface area contributed by atoms with Gasteiger partial charge in [0.25, 0.3) is 5.54 Å². The Kier molecular flexibility index (Phi) is 4.88. The minimum Gasteiger partial charge on any atom is -0.376 e. The molecule has 2 heterocycles. The summed E-state index contributed by atoms with van der Waals surface area (Å²) in [6.07, 6.45) is -11.0. The van der Waals surface area contributed by atoms with Gasteiger partial charge in [-0.3, -0.25) is 4.79 Å². The van der Waals surface area contributed by atoms with Crippen LogP contribution in [0.15, 0.2) is 16.3 Å². The van der Waals surface area contributed by atoms with E-state index in [1.807, 2.05) is 0 Å². The Morgan fingerprint density at radius 2 is 1.75 bits per heavy atom. The summed E-state index contributed by atoms with van der Waals surface area (Å²) in [5, 5.41) is 0. The van der Waals surface area contributed by atoms with Gasteiger partial charge in [0.2, 0.25) is 0 Å². The molecule has 2 aliphatic heterocycles. The van der Waals surface area contributed by atoms with E-state index in [9.17, 15) is 31.1 Å². The highest BCUT2D eigenvalue weighted by molar-refractivity contribution is 6.03. The molecular formula is C18H22F6N2O2. The van der Waals surface area contributed by atoms with Gasteiger partial charge in [-0.15, -0.1) is 0 Å². The Labute approximate surface area is 158 Å². The molecule has 3 rings (SSSR count). The highest BCUT2D eigenvalue weighted by Gasteiger charge is 2.76. The highest BCUT2D eigenvalue weighted by Crippen LogP contribution is 2.56. The van der Waals surface area contributed by atoms with Crippen LogP contribution in [0, 0.1) is 5.41 Å². The van der Waals surface area contributed by atoms with E-state index >= 15 is 0 Å². The number of amidine groups is 1. The van der Waals surface area contributed by atoms with Crippen LogP contribution in [0.4, 0.5) is 26.3 Å². The SMILES string of the molecule is CC1=NC(C(F)(F)F)(C(F)(F)F)C2=C(CC(C)(C)CC2=O)N1C[C@@H]1CCCO1. The Morgan fingerprint density at radius 3 is 2.25 bits per heavy atom. The molecule has 158 valence electrons. The molecule has 0 spiro atoms. The molecule has 0 aromatic rings. The van der Waals surface area contributed by atoms with Gasteiger partial charge in [-0.2, -0.15) is 26.3 Å². The van der Waals surface area contributed by atoms with Crippen LogP contribution in [0.25, 0.3) is 0 Å². The van der Waals surface area contributed by atoms with Crippen LogP contribution < -0.4 is 0 Å². The van der Waals surface area contributed by atoms with Gasteiger partial charge in [-0.25, -0.2) is 4.99 Å². The Balaban J connectivity index is 2.23. The van der Waals surface area contributed by atoms with Crippen molar-refractivity contribution in [2.75, 3.05) is 13.2 Å². The van der Waals surface area contributed by atoms with Crippen molar-refractivity contribution in [2.45, 2.75) is 70.4 Å². The quantitative estimate of drug-likeness (QED) is 0.631. The molecule has 0 amide bonds. The molecular weight excluding hydrogens is 390 g/mol. The van der Waals surface area contributed by atoms with E-state index in [1.54, 1.807) is 13.8 Å². The molecule has 1 fully saturated rings. The van der Waals surface area contributed by atoms with Gasteiger partial charge in [0, 0.05) is 18.7 Å². The zero-order valence-electron chi connectivity index (χ0n) is 15.8. The minimum atomic E-state index is -5.79. The van der Waals surface area contributed by atoms with Crippen LogP contribution in [0.2, 0.25) is 0 Å². The maximum atomic E-state index is 13.9. The van der Waals surface area contributed by atoms with Gasteiger partial charge < -0.3 is 9.64 Å². The second-order valence-corrected chi connectivity index (χ2v) is 8.37. The van der Waals surface area contributed by atoms with E-state index in [0.717, 1.165) is 13.3 Å². The number of hydrogen-bond donors (Lipinski definition) is 0. The fourth-order valence-corrected chi connectivity index (χ4v) is 4.29.